The highest BCUT2D eigenvalue weighted by atomic mass is 16.6. The van der Waals surface area contributed by atoms with Gasteiger partial charge in [0.25, 0.3) is 0 Å². The van der Waals surface area contributed by atoms with Gasteiger partial charge in [-0.1, -0.05) is 125 Å². The second-order valence-corrected chi connectivity index (χ2v) is 32.1. The number of aromatic amines is 4. The van der Waals surface area contributed by atoms with Crippen LogP contribution in [0.5, 0.6) is 0 Å². The van der Waals surface area contributed by atoms with E-state index in [0.717, 1.165) is 163 Å². The maximum absolute atomic E-state index is 14.0. The Morgan fingerprint density at radius 3 is 1.06 bits per heavy atom. The van der Waals surface area contributed by atoms with E-state index in [1.165, 1.54) is 21.3 Å². The van der Waals surface area contributed by atoms with E-state index in [9.17, 15) is 33.6 Å². The molecule has 5 aliphatic heterocycles. The van der Waals surface area contributed by atoms with Gasteiger partial charge < -0.3 is 74.3 Å². The van der Waals surface area contributed by atoms with E-state index in [0.29, 0.717) is 52.2 Å². The zero-order valence-corrected chi connectivity index (χ0v) is 66.9. The molecule has 0 spiro atoms. The van der Waals surface area contributed by atoms with Gasteiger partial charge in [0.05, 0.1) is 93.1 Å². The predicted molar refractivity (Wildman–Crippen MR) is 436 cm³/mol. The number of rotatable bonds is 19. The van der Waals surface area contributed by atoms with E-state index in [1.54, 1.807) is 4.90 Å². The molecule has 0 saturated carbocycles. The topological polar surface area (TPSA) is 329 Å². The number of hydrogen-bond donors (Lipinski definition) is 7. The Balaban J connectivity index is 0.000000191. The average Bonchev–Trinajstić information content (AvgIpc) is 1.76. The van der Waals surface area contributed by atoms with Gasteiger partial charge in [0.2, 0.25) is 17.7 Å². The zero-order chi connectivity index (χ0) is 80.8. The molecule has 7 N–H and O–H groups in total. The highest BCUT2D eigenvalue weighted by molar-refractivity contribution is 5.93. The number of H-pyrrole nitrogens is 4. The third kappa shape index (κ3) is 17.9. The molecular formula is C88H103N15O12. The smallest absolute Gasteiger partial charge is 0.410 e. The van der Waals surface area contributed by atoms with Crippen LogP contribution in [0.25, 0.3) is 88.8 Å². The molecule has 0 unspecified atom stereocenters. The number of alkyl carbamates (subject to hydrolysis) is 3. The maximum Gasteiger partial charge on any atom is 0.410 e. The first-order valence-corrected chi connectivity index (χ1v) is 40.0. The van der Waals surface area contributed by atoms with Gasteiger partial charge in [-0.25, -0.2) is 39.1 Å². The normalized spacial score (nSPS) is 18.6. The zero-order valence-electron chi connectivity index (χ0n) is 66.9. The van der Waals surface area contributed by atoms with E-state index in [2.05, 4.69) is 162 Å². The van der Waals surface area contributed by atoms with Gasteiger partial charge in [0.1, 0.15) is 47.0 Å². The number of carbonyl (C=O) groups excluding carboxylic acids is 7. The summed E-state index contributed by atoms with van der Waals surface area (Å²) in [4.78, 5) is 130. The first kappa shape index (κ1) is 79.8. The second-order valence-electron chi connectivity index (χ2n) is 32.1. The number of nitrogens with zero attached hydrogens (tertiary/aromatic N) is 8. The van der Waals surface area contributed by atoms with Crippen molar-refractivity contribution in [1.82, 2.24) is 75.4 Å². The lowest BCUT2D eigenvalue weighted by Crippen LogP contribution is -2.53. The fourth-order valence-electron chi connectivity index (χ4n) is 16.6. The SMILES string of the molecule is COC(=O)N[C@H](C(=O)N1CCC[C@H]1c1ncc(-c2ccc3cc(-c4ccc(-c5cnc([C@@H]6CCCN6C(=O)OC(C)(C)C)[nH]5)cc4)ccc3c2)[nH]1)C(C)C.COC(=O)N[C@H](C(=O)N1CCC[C@H]1c1ncc(-c2ccc3cc(-c4ccc(-c5cnc([C@@H]6CCCN6C(=O)[C@H](NC(=O)OC)C6CCOCC6)[nH]5)cc4)ccc3c2)[nH]1)C(C)C. The Bertz CT molecular complexity index is 5150. The Labute approximate surface area is 668 Å². The molecule has 5 aliphatic rings. The number of methoxy groups -OCH3 is 3. The van der Waals surface area contributed by atoms with Gasteiger partial charge >= 0.3 is 24.4 Å². The summed E-state index contributed by atoms with van der Waals surface area (Å²) in [6, 6.07) is 39.6. The van der Waals surface area contributed by atoms with E-state index in [4.69, 9.17) is 38.6 Å². The molecular weight excluding hydrogens is 1460 g/mol. The summed E-state index contributed by atoms with van der Waals surface area (Å²) in [6.45, 7) is 16.8. The molecule has 7 atom stereocenters. The molecule has 6 aromatic carbocycles. The Hall–Kier alpha value is -11.9. The third-order valence-corrected chi connectivity index (χ3v) is 22.7. The van der Waals surface area contributed by atoms with Crippen molar-refractivity contribution in [3.05, 3.63) is 169 Å². The van der Waals surface area contributed by atoms with E-state index in [1.807, 2.05) is 88.0 Å². The number of fused-ring (bicyclic) bond motifs is 2. The first-order chi connectivity index (χ1) is 55.5. The fourth-order valence-corrected chi connectivity index (χ4v) is 16.6. The Morgan fingerprint density at radius 1 is 0.400 bits per heavy atom. The number of amides is 7. The number of hydrogen-bond acceptors (Lipinski definition) is 16. The van der Waals surface area contributed by atoms with Gasteiger partial charge in [-0.15, -0.1) is 0 Å². The van der Waals surface area contributed by atoms with Crippen molar-refractivity contribution in [2.45, 2.75) is 161 Å². The summed E-state index contributed by atoms with van der Waals surface area (Å²) < 4.78 is 25.6. The molecule has 5 fully saturated rings. The van der Waals surface area contributed by atoms with Crippen molar-refractivity contribution in [2.75, 3.05) is 60.7 Å². The van der Waals surface area contributed by atoms with Gasteiger partial charge in [-0.05, 0) is 182 Å². The standard InChI is InChI=1S/C46H54N8O7.C42H49N7O5/c1-27(2)39(51-45(57)59-3)43(55)53-19-5-7-37(53)42-48-26-36(50-42)34-16-15-32-23-31(13-14-33(32)24-34)28-9-11-29(12-10-28)35-25-47-41(49-35)38-8-6-20-54(38)44(56)40(52-46(58)60-4)30-17-21-61-22-18-30;1-25(2)36(47-40(51)53-6)39(50)48-19-7-9-34(48)37-44-24-33(46-37)31-18-17-29-21-28(15-16-30(29)22-31)26-11-13-27(14-12-26)32-23-43-38(45-32)35-10-8-20-49(35)41(52)54-42(3,4)5/h9-16,23-27,30,37-40H,5-8,17-22H2,1-4H3,(H,47,49)(H,48,50)(H,51,57)(H,52,58);11-18,21-25,34-36H,7-10,19-20H2,1-6H3,(H,43,45)(H,44,46)(H,47,51)/t37-,38-,39-,40+;34-,35-,36-/m00/s1. The molecule has 9 heterocycles. The molecule has 15 rings (SSSR count). The van der Waals surface area contributed by atoms with E-state index in [-0.39, 0.29) is 65.7 Å². The number of nitrogens with one attached hydrogen (secondary N) is 7. The largest absolute Gasteiger partial charge is 0.453 e. The van der Waals surface area contributed by atoms with Crippen molar-refractivity contribution in [3.63, 3.8) is 0 Å². The lowest BCUT2D eigenvalue weighted by molar-refractivity contribution is -0.137. The molecule has 4 aromatic heterocycles. The minimum absolute atomic E-state index is 0.0265. The van der Waals surface area contributed by atoms with Gasteiger partial charge in [0, 0.05) is 50.5 Å². The van der Waals surface area contributed by atoms with Gasteiger partial charge in [0.15, 0.2) is 0 Å². The first-order valence-electron chi connectivity index (χ1n) is 40.0. The van der Waals surface area contributed by atoms with Crippen LogP contribution in [-0.4, -0.2) is 186 Å². The molecule has 27 heteroatoms. The Kier molecular flexibility index (Phi) is 24.2. The van der Waals surface area contributed by atoms with Crippen molar-refractivity contribution >= 4 is 63.6 Å². The lowest BCUT2D eigenvalue weighted by atomic mass is 9.90. The van der Waals surface area contributed by atoms with Crippen LogP contribution in [0.15, 0.2) is 146 Å². The summed E-state index contributed by atoms with van der Waals surface area (Å²) >= 11 is 0. The molecule has 10 aromatic rings. The number of likely N-dealkylation sites (tertiary alicyclic amines) is 4. The lowest BCUT2D eigenvalue weighted by Gasteiger charge is -2.34. The van der Waals surface area contributed by atoms with Crippen LogP contribution in [-0.2, 0) is 38.1 Å². The highest BCUT2D eigenvalue weighted by Gasteiger charge is 2.43. The van der Waals surface area contributed by atoms with Crippen LogP contribution in [0, 0.1) is 17.8 Å². The van der Waals surface area contributed by atoms with Crippen LogP contribution in [0.4, 0.5) is 19.2 Å². The number of carbonyl (C=O) groups is 7. The molecule has 7 amide bonds. The molecule has 0 bridgehead atoms. The summed E-state index contributed by atoms with van der Waals surface area (Å²) in [5.41, 5.74) is 11.4. The molecule has 602 valence electrons. The summed E-state index contributed by atoms with van der Waals surface area (Å²) in [5.74, 6) is 2.36. The molecule has 115 heavy (non-hydrogen) atoms. The van der Waals surface area contributed by atoms with E-state index < -0.39 is 42.0 Å². The van der Waals surface area contributed by atoms with E-state index >= 15 is 0 Å². The number of aromatic nitrogens is 8. The number of benzene rings is 6. The number of imidazole rings is 4. The maximum atomic E-state index is 14.0. The van der Waals surface area contributed by atoms with Crippen molar-refractivity contribution in [1.29, 1.82) is 0 Å². The average molecular weight is 1560 g/mol. The summed E-state index contributed by atoms with van der Waals surface area (Å²) in [6.07, 6.45) is 13.2. The molecule has 27 nitrogen and oxygen atoms in total. The van der Waals surface area contributed by atoms with Gasteiger partial charge in [-0.3, -0.25) is 19.3 Å². The molecule has 5 saturated heterocycles. The van der Waals surface area contributed by atoms with Crippen LogP contribution in [0.3, 0.4) is 0 Å². The highest BCUT2D eigenvalue weighted by Crippen LogP contribution is 2.40. The summed E-state index contributed by atoms with van der Waals surface area (Å²) in [7, 11) is 3.90. The number of ether oxygens (including phenoxy) is 5. The third-order valence-electron chi connectivity index (χ3n) is 22.7. The quantitative estimate of drug-likeness (QED) is 0.0370. The van der Waals surface area contributed by atoms with Gasteiger partial charge in [-0.2, -0.15) is 0 Å². The minimum Gasteiger partial charge on any atom is -0.453 e. The molecule has 0 aliphatic carbocycles. The van der Waals surface area contributed by atoms with Crippen molar-refractivity contribution in [3.8, 4) is 67.3 Å². The van der Waals surface area contributed by atoms with Crippen LogP contribution in [0.2, 0.25) is 0 Å². The van der Waals surface area contributed by atoms with Crippen LogP contribution in [0.1, 0.15) is 160 Å². The Morgan fingerprint density at radius 2 is 0.704 bits per heavy atom. The van der Waals surface area contributed by atoms with Crippen molar-refractivity contribution < 1.29 is 57.2 Å². The molecule has 0 radical (unpaired) electrons. The monoisotopic (exact) mass is 1560 g/mol. The van der Waals surface area contributed by atoms with Crippen LogP contribution < -0.4 is 16.0 Å². The van der Waals surface area contributed by atoms with Crippen LogP contribution >= 0.6 is 0 Å². The fraction of sp³-hybridized carbons (Fsp3) is 0.420. The predicted octanol–water partition coefficient (Wildman–Crippen LogP) is 15.5. The van der Waals surface area contributed by atoms with Crippen molar-refractivity contribution in [2.24, 2.45) is 17.8 Å². The summed E-state index contributed by atoms with van der Waals surface area (Å²) in [5, 5.41) is 12.6. The minimum atomic E-state index is -0.690. The second kappa shape index (κ2) is 34.8.